The Kier molecular flexibility index (Phi) is 4.75. The second kappa shape index (κ2) is 6.35. The molecule has 0 aliphatic carbocycles. The van der Waals surface area contributed by atoms with Crippen molar-refractivity contribution in [3.8, 4) is 0 Å². The van der Waals surface area contributed by atoms with Gasteiger partial charge in [-0.25, -0.2) is 0 Å². The number of amides is 2. The third-order valence-electron chi connectivity index (χ3n) is 3.58. The van der Waals surface area contributed by atoms with Crippen molar-refractivity contribution in [1.29, 1.82) is 0 Å². The molecule has 20 heavy (non-hydrogen) atoms. The molecule has 2 amide bonds. The minimum absolute atomic E-state index is 0.0759. The van der Waals surface area contributed by atoms with E-state index in [2.05, 4.69) is 19.2 Å². The molecule has 0 unspecified atom stereocenters. The first-order valence-electron chi connectivity index (χ1n) is 6.72. The van der Waals surface area contributed by atoms with Gasteiger partial charge >= 0.3 is 0 Å². The quantitative estimate of drug-likeness (QED) is 0.922. The van der Waals surface area contributed by atoms with E-state index in [9.17, 15) is 9.59 Å². The summed E-state index contributed by atoms with van der Waals surface area (Å²) in [4.78, 5) is 26.2. The van der Waals surface area contributed by atoms with Crippen molar-refractivity contribution in [3.63, 3.8) is 0 Å². The molecule has 0 radical (unpaired) electrons. The SMILES string of the molecule is CC(C)[C@H](C)NC(=O)[C@H]1CSCN1C(=O)c1ccoc1. The van der Waals surface area contributed by atoms with E-state index in [0.29, 0.717) is 23.1 Å². The van der Waals surface area contributed by atoms with Gasteiger partial charge in [-0.3, -0.25) is 9.59 Å². The van der Waals surface area contributed by atoms with Gasteiger partial charge in [-0.15, -0.1) is 11.8 Å². The molecular weight excluding hydrogens is 276 g/mol. The summed E-state index contributed by atoms with van der Waals surface area (Å²) in [5.74, 6) is 1.32. The third kappa shape index (κ3) is 3.17. The van der Waals surface area contributed by atoms with Gasteiger partial charge in [0.15, 0.2) is 0 Å². The Labute approximate surface area is 123 Å². The predicted molar refractivity (Wildman–Crippen MR) is 78.4 cm³/mol. The van der Waals surface area contributed by atoms with Crippen molar-refractivity contribution >= 4 is 23.6 Å². The van der Waals surface area contributed by atoms with Crippen molar-refractivity contribution in [2.75, 3.05) is 11.6 Å². The van der Waals surface area contributed by atoms with E-state index < -0.39 is 6.04 Å². The fourth-order valence-corrected chi connectivity index (χ4v) is 3.05. The van der Waals surface area contributed by atoms with Crippen LogP contribution in [-0.4, -0.2) is 40.4 Å². The third-order valence-corrected chi connectivity index (χ3v) is 4.60. The number of nitrogens with one attached hydrogen (secondary N) is 1. The van der Waals surface area contributed by atoms with Crippen molar-refractivity contribution in [1.82, 2.24) is 10.2 Å². The molecule has 1 N–H and O–H groups in total. The van der Waals surface area contributed by atoms with Gasteiger partial charge in [-0.05, 0) is 18.9 Å². The highest BCUT2D eigenvalue weighted by molar-refractivity contribution is 7.99. The Morgan fingerprint density at radius 1 is 1.45 bits per heavy atom. The second-order valence-corrected chi connectivity index (χ2v) is 6.34. The summed E-state index contributed by atoms with van der Waals surface area (Å²) in [6, 6.07) is 1.32. The summed E-state index contributed by atoms with van der Waals surface area (Å²) in [6.07, 6.45) is 2.88. The number of hydrogen-bond donors (Lipinski definition) is 1. The van der Waals surface area contributed by atoms with Crippen LogP contribution >= 0.6 is 11.8 Å². The van der Waals surface area contributed by atoms with E-state index in [-0.39, 0.29) is 17.9 Å². The van der Waals surface area contributed by atoms with E-state index in [0.717, 1.165) is 0 Å². The standard InChI is InChI=1S/C14H20N2O3S/c1-9(2)10(3)15-13(17)12-7-20-8-16(12)14(18)11-4-5-19-6-11/h4-6,9-10,12H,7-8H2,1-3H3,(H,15,17)/t10-,12+/m0/s1. The molecule has 1 fully saturated rings. The van der Waals surface area contributed by atoms with Crippen molar-refractivity contribution in [3.05, 3.63) is 24.2 Å². The van der Waals surface area contributed by atoms with Gasteiger partial charge in [0.2, 0.25) is 5.91 Å². The van der Waals surface area contributed by atoms with Gasteiger partial charge in [0.1, 0.15) is 12.3 Å². The van der Waals surface area contributed by atoms with E-state index in [1.165, 1.54) is 12.5 Å². The molecule has 1 aromatic rings. The second-order valence-electron chi connectivity index (χ2n) is 5.34. The lowest BCUT2D eigenvalue weighted by Gasteiger charge is -2.25. The molecule has 6 heteroatoms. The van der Waals surface area contributed by atoms with Crippen LogP contribution in [-0.2, 0) is 4.79 Å². The van der Waals surface area contributed by atoms with Gasteiger partial charge in [0.05, 0.1) is 17.7 Å². The minimum atomic E-state index is -0.399. The first-order chi connectivity index (χ1) is 9.50. The predicted octanol–water partition coefficient (Wildman–Crippen LogP) is 1.96. The number of furan rings is 1. The van der Waals surface area contributed by atoms with Gasteiger partial charge < -0.3 is 14.6 Å². The van der Waals surface area contributed by atoms with E-state index >= 15 is 0 Å². The average Bonchev–Trinajstić information content (AvgIpc) is 3.08. The number of thioether (sulfide) groups is 1. The van der Waals surface area contributed by atoms with Crippen LogP contribution in [0, 0.1) is 5.92 Å². The summed E-state index contributed by atoms with van der Waals surface area (Å²) in [6.45, 7) is 6.10. The molecule has 0 aromatic carbocycles. The molecule has 1 aromatic heterocycles. The van der Waals surface area contributed by atoms with Crippen LogP contribution in [0.5, 0.6) is 0 Å². The molecule has 0 spiro atoms. The average molecular weight is 296 g/mol. The molecule has 1 aliphatic heterocycles. The zero-order valence-corrected chi connectivity index (χ0v) is 12.8. The molecule has 2 atom stereocenters. The van der Waals surface area contributed by atoms with E-state index in [4.69, 9.17) is 4.42 Å². The Hall–Kier alpha value is -1.43. The topological polar surface area (TPSA) is 62.6 Å². The van der Waals surface area contributed by atoms with Gasteiger partial charge in [0.25, 0.3) is 5.91 Å². The molecule has 110 valence electrons. The van der Waals surface area contributed by atoms with Crippen LogP contribution in [0.2, 0.25) is 0 Å². The number of nitrogens with zero attached hydrogens (tertiary/aromatic N) is 1. The number of rotatable bonds is 4. The van der Waals surface area contributed by atoms with Gasteiger partial charge in [-0.1, -0.05) is 13.8 Å². The number of carbonyl (C=O) groups excluding carboxylic acids is 2. The summed E-state index contributed by atoms with van der Waals surface area (Å²) in [7, 11) is 0. The molecule has 0 bridgehead atoms. The molecule has 5 nitrogen and oxygen atoms in total. The highest BCUT2D eigenvalue weighted by atomic mass is 32.2. The first-order valence-corrected chi connectivity index (χ1v) is 7.87. The van der Waals surface area contributed by atoms with E-state index in [1.807, 2.05) is 6.92 Å². The zero-order chi connectivity index (χ0) is 14.7. The van der Waals surface area contributed by atoms with Gasteiger partial charge in [0, 0.05) is 11.8 Å². The summed E-state index contributed by atoms with van der Waals surface area (Å²) >= 11 is 1.59. The molecule has 1 aliphatic rings. The Bertz CT molecular complexity index is 473. The lowest BCUT2D eigenvalue weighted by Crippen LogP contribution is -2.50. The Morgan fingerprint density at radius 2 is 2.20 bits per heavy atom. The van der Waals surface area contributed by atoms with E-state index in [1.54, 1.807) is 22.7 Å². The number of hydrogen-bond acceptors (Lipinski definition) is 4. The monoisotopic (exact) mass is 296 g/mol. The molecular formula is C14H20N2O3S. The zero-order valence-electron chi connectivity index (χ0n) is 12.0. The number of carbonyl (C=O) groups is 2. The van der Waals surface area contributed by atoms with Crippen LogP contribution in [0.1, 0.15) is 31.1 Å². The van der Waals surface area contributed by atoms with Crippen LogP contribution < -0.4 is 5.32 Å². The molecule has 1 saturated heterocycles. The molecule has 2 rings (SSSR count). The Balaban J connectivity index is 2.04. The largest absolute Gasteiger partial charge is 0.472 e. The van der Waals surface area contributed by atoms with Crippen LogP contribution in [0.15, 0.2) is 23.0 Å². The van der Waals surface area contributed by atoms with Crippen molar-refractivity contribution < 1.29 is 14.0 Å². The van der Waals surface area contributed by atoms with Gasteiger partial charge in [-0.2, -0.15) is 0 Å². The maximum Gasteiger partial charge on any atom is 0.258 e. The fourth-order valence-electron chi connectivity index (χ4n) is 1.90. The minimum Gasteiger partial charge on any atom is -0.472 e. The summed E-state index contributed by atoms with van der Waals surface area (Å²) < 4.78 is 4.93. The highest BCUT2D eigenvalue weighted by Gasteiger charge is 2.35. The van der Waals surface area contributed by atoms with Crippen LogP contribution in [0.3, 0.4) is 0 Å². The molecule has 0 saturated carbocycles. The lowest BCUT2D eigenvalue weighted by molar-refractivity contribution is -0.125. The summed E-state index contributed by atoms with van der Waals surface area (Å²) in [5, 5.41) is 2.98. The lowest BCUT2D eigenvalue weighted by atomic mass is 10.1. The van der Waals surface area contributed by atoms with Crippen LogP contribution in [0.25, 0.3) is 0 Å². The van der Waals surface area contributed by atoms with Crippen LogP contribution in [0.4, 0.5) is 0 Å². The highest BCUT2D eigenvalue weighted by Crippen LogP contribution is 2.23. The first kappa shape index (κ1) is 15.0. The molecule has 2 heterocycles. The summed E-state index contributed by atoms with van der Waals surface area (Å²) in [5.41, 5.74) is 0.488. The maximum atomic E-state index is 12.3. The normalized spacial score (nSPS) is 20.2. The van der Waals surface area contributed by atoms with Crippen molar-refractivity contribution in [2.45, 2.75) is 32.9 Å². The maximum absolute atomic E-state index is 12.3. The smallest absolute Gasteiger partial charge is 0.258 e. The fraction of sp³-hybridized carbons (Fsp3) is 0.571. The van der Waals surface area contributed by atoms with Crippen molar-refractivity contribution in [2.24, 2.45) is 5.92 Å². The Morgan fingerprint density at radius 3 is 2.80 bits per heavy atom.